The molecule has 4 nitrogen and oxygen atoms in total. The summed E-state index contributed by atoms with van der Waals surface area (Å²) < 4.78 is 5.28. The lowest BCUT2D eigenvalue weighted by Gasteiger charge is -2.15. The fraction of sp³-hybridized carbons (Fsp3) is 0.278. The first-order valence-corrected chi connectivity index (χ1v) is 7.38. The molecule has 0 aromatic heterocycles. The Hall–Kier alpha value is -2.33. The standard InChI is InChI=1S/C18H22N2O2/c1-14-9-10-17(22-3)16(11-14)19-18(21)13-20(2)12-15-7-5-4-6-8-15/h4-11H,12-13H2,1-3H3,(H,19,21)/p+1. The van der Waals surface area contributed by atoms with Crippen molar-refractivity contribution in [2.75, 3.05) is 26.0 Å². The topological polar surface area (TPSA) is 42.8 Å². The maximum atomic E-state index is 12.2. The summed E-state index contributed by atoms with van der Waals surface area (Å²) in [7, 11) is 3.62. The molecule has 2 aromatic carbocycles. The Balaban J connectivity index is 1.94. The molecule has 0 aliphatic carbocycles. The maximum Gasteiger partial charge on any atom is 0.279 e. The second-order valence-corrected chi connectivity index (χ2v) is 5.55. The number of carbonyl (C=O) groups is 1. The molecule has 0 saturated heterocycles. The molecule has 0 bridgehead atoms. The van der Waals surface area contributed by atoms with Crippen molar-refractivity contribution in [2.45, 2.75) is 13.5 Å². The van der Waals surface area contributed by atoms with E-state index in [1.807, 2.05) is 50.4 Å². The summed E-state index contributed by atoms with van der Waals surface area (Å²) in [4.78, 5) is 13.3. The van der Waals surface area contributed by atoms with Crippen molar-refractivity contribution in [3.05, 3.63) is 59.7 Å². The lowest BCUT2D eigenvalue weighted by molar-refractivity contribution is -0.885. The van der Waals surface area contributed by atoms with Crippen molar-refractivity contribution in [1.29, 1.82) is 0 Å². The van der Waals surface area contributed by atoms with Crippen molar-refractivity contribution in [3.8, 4) is 5.75 Å². The van der Waals surface area contributed by atoms with Gasteiger partial charge in [0.15, 0.2) is 6.54 Å². The number of carbonyl (C=O) groups excluding carboxylic acids is 1. The minimum atomic E-state index is -0.0164. The molecule has 1 unspecified atom stereocenters. The van der Waals surface area contributed by atoms with Crippen LogP contribution in [0.15, 0.2) is 48.5 Å². The van der Waals surface area contributed by atoms with Gasteiger partial charge in [-0.25, -0.2) is 0 Å². The Labute approximate surface area is 131 Å². The van der Waals surface area contributed by atoms with E-state index < -0.39 is 0 Å². The monoisotopic (exact) mass is 299 g/mol. The molecule has 0 saturated carbocycles. The zero-order valence-electron chi connectivity index (χ0n) is 13.3. The van der Waals surface area contributed by atoms with E-state index in [2.05, 4.69) is 17.4 Å². The number of ether oxygens (including phenoxy) is 1. The number of aryl methyl sites for hydroxylation is 1. The minimum absolute atomic E-state index is 0.0164. The van der Waals surface area contributed by atoms with Crippen LogP contribution in [0.5, 0.6) is 5.75 Å². The molecule has 2 rings (SSSR count). The predicted molar refractivity (Wildman–Crippen MR) is 88.3 cm³/mol. The van der Waals surface area contributed by atoms with Gasteiger partial charge in [0, 0.05) is 5.56 Å². The SMILES string of the molecule is COc1ccc(C)cc1NC(=O)C[NH+](C)Cc1ccccc1. The van der Waals surface area contributed by atoms with Gasteiger partial charge in [-0.1, -0.05) is 36.4 Å². The normalized spacial score (nSPS) is 11.8. The molecule has 0 aliphatic heterocycles. The second kappa shape index (κ2) is 7.61. The van der Waals surface area contributed by atoms with Crippen molar-refractivity contribution >= 4 is 11.6 Å². The third kappa shape index (κ3) is 4.60. The van der Waals surface area contributed by atoms with Gasteiger partial charge in [0.25, 0.3) is 5.91 Å². The molecule has 2 N–H and O–H groups in total. The Morgan fingerprint density at radius 2 is 1.91 bits per heavy atom. The summed E-state index contributed by atoms with van der Waals surface area (Å²) in [6.45, 7) is 3.22. The molecular weight excluding hydrogens is 276 g/mol. The first kappa shape index (κ1) is 16.0. The van der Waals surface area contributed by atoms with Crippen LogP contribution in [0.3, 0.4) is 0 Å². The van der Waals surface area contributed by atoms with E-state index in [1.54, 1.807) is 7.11 Å². The van der Waals surface area contributed by atoms with Crippen LogP contribution in [0.2, 0.25) is 0 Å². The Bertz CT molecular complexity index is 626. The number of hydrogen-bond acceptors (Lipinski definition) is 2. The van der Waals surface area contributed by atoms with Gasteiger partial charge < -0.3 is 15.0 Å². The number of anilines is 1. The Morgan fingerprint density at radius 3 is 2.59 bits per heavy atom. The molecule has 116 valence electrons. The van der Waals surface area contributed by atoms with Crippen molar-refractivity contribution in [1.82, 2.24) is 0 Å². The third-order valence-electron chi connectivity index (χ3n) is 3.44. The van der Waals surface area contributed by atoms with E-state index in [4.69, 9.17) is 4.74 Å². The average molecular weight is 299 g/mol. The fourth-order valence-electron chi connectivity index (χ4n) is 2.39. The highest BCUT2D eigenvalue weighted by molar-refractivity contribution is 5.93. The van der Waals surface area contributed by atoms with Gasteiger partial charge in [-0.05, 0) is 24.6 Å². The van der Waals surface area contributed by atoms with Crippen molar-refractivity contribution < 1.29 is 14.4 Å². The quantitative estimate of drug-likeness (QED) is 0.852. The smallest absolute Gasteiger partial charge is 0.279 e. The molecule has 1 amide bonds. The van der Waals surface area contributed by atoms with E-state index in [-0.39, 0.29) is 5.91 Å². The first-order valence-electron chi connectivity index (χ1n) is 7.38. The van der Waals surface area contributed by atoms with E-state index in [0.717, 1.165) is 22.7 Å². The van der Waals surface area contributed by atoms with E-state index in [1.165, 1.54) is 5.56 Å². The number of methoxy groups -OCH3 is 1. The van der Waals surface area contributed by atoms with Crippen LogP contribution >= 0.6 is 0 Å². The van der Waals surface area contributed by atoms with Crippen LogP contribution in [-0.4, -0.2) is 26.6 Å². The number of likely N-dealkylation sites (N-methyl/N-ethyl adjacent to an activating group) is 1. The van der Waals surface area contributed by atoms with Gasteiger partial charge in [-0.15, -0.1) is 0 Å². The number of nitrogens with one attached hydrogen (secondary N) is 2. The first-order chi connectivity index (χ1) is 10.6. The molecule has 0 aliphatic rings. The molecule has 2 aromatic rings. The molecular formula is C18H23N2O2+. The highest BCUT2D eigenvalue weighted by Gasteiger charge is 2.13. The zero-order valence-corrected chi connectivity index (χ0v) is 13.3. The Morgan fingerprint density at radius 1 is 1.18 bits per heavy atom. The van der Waals surface area contributed by atoms with Gasteiger partial charge in [0.05, 0.1) is 19.8 Å². The highest BCUT2D eigenvalue weighted by Crippen LogP contribution is 2.24. The van der Waals surface area contributed by atoms with Crippen LogP contribution in [0, 0.1) is 6.92 Å². The van der Waals surface area contributed by atoms with Crippen LogP contribution in [-0.2, 0) is 11.3 Å². The molecule has 0 fully saturated rings. The summed E-state index contributed by atoms with van der Waals surface area (Å²) in [6.07, 6.45) is 0. The van der Waals surface area contributed by atoms with Crippen LogP contribution in [0.25, 0.3) is 0 Å². The summed E-state index contributed by atoms with van der Waals surface area (Å²) in [5, 5.41) is 2.93. The molecule has 4 heteroatoms. The summed E-state index contributed by atoms with van der Waals surface area (Å²) in [5.74, 6) is 0.664. The molecule has 22 heavy (non-hydrogen) atoms. The molecule has 0 heterocycles. The summed E-state index contributed by atoms with van der Waals surface area (Å²) >= 11 is 0. The molecule has 0 radical (unpaired) electrons. The summed E-state index contributed by atoms with van der Waals surface area (Å²) in [5.41, 5.74) is 3.03. The average Bonchev–Trinajstić information content (AvgIpc) is 2.48. The fourth-order valence-corrected chi connectivity index (χ4v) is 2.39. The number of hydrogen-bond donors (Lipinski definition) is 2. The van der Waals surface area contributed by atoms with Gasteiger partial charge >= 0.3 is 0 Å². The van der Waals surface area contributed by atoms with Gasteiger partial charge in [0.1, 0.15) is 12.3 Å². The maximum absolute atomic E-state index is 12.2. The van der Waals surface area contributed by atoms with Crippen LogP contribution in [0.1, 0.15) is 11.1 Å². The number of quaternary nitrogens is 1. The predicted octanol–water partition coefficient (Wildman–Crippen LogP) is 1.66. The second-order valence-electron chi connectivity index (χ2n) is 5.55. The van der Waals surface area contributed by atoms with E-state index in [0.29, 0.717) is 12.3 Å². The van der Waals surface area contributed by atoms with E-state index in [9.17, 15) is 4.79 Å². The zero-order chi connectivity index (χ0) is 15.9. The van der Waals surface area contributed by atoms with Crippen LogP contribution < -0.4 is 15.0 Å². The molecule has 1 atom stereocenters. The number of rotatable bonds is 6. The highest BCUT2D eigenvalue weighted by atomic mass is 16.5. The van der Waals surface area contributed by atoms with Gasteiger partial charge in [0.2, 0.25) is 0 Å². The Kier molecular flexibility index (Phi) is 5.55. The minimum Gasteiger partial charge on any atom is -0.495 e. The van der Waals surface area contributed by atoms with Gasteiger partial charge in [-0.3, -0.25) is 4.79 Å². The largest absolute Gasteiger partial charge is 0.495 e. The number of amides is 1. The summed E-state index contributed by atoms with van der Waals surface area (Å²) in [6, 6.07) is 15.9. The lowest BCUT2D eigenvalue weighted by Crippen LogP contribution is -3.08. The van der Waals surface area contributed by atoms with Crippen molar-refractivity contribution in [3.63, 3.8) is 0 Å². The number of benzene rings is 2. The van der Waals surface area contributed by atoms with Crippen molar-refractivity contribution in [2.24, 2.45) is 0 Å². The van der Waals surface area contributed by atoms with Crippen LogP contribution in [0.4, 0.5) is 5.69 Å². The third-order valence-corrected chi connectivity index (χ3v) is 3.44. The van der Waals surface area contributed by atoms with E-state index >= 15 is 0 Å². The molecule has 0 spiro atoms. The van der Waals surface area contributed by atoms with Gasteiger partial charge in [-0.2, -0.15) is 0 Å². The lowest BCUT2D eigenvalue weighted by atomic mass is 10.2.